The van der Waals surface area contributed by atoms with E-state index in [1.54, 1.807) is 97.1 Å². The average molecular weight is 1080 g/mol. The Hall–Kier alpha value is -4.73. The molecule has 0 radical (unpaired) electrons. The van der Waals surface area contributed by atoms with E-state index in [-0.39, 0.29) is 11.6 Å². The molecule has 7 aromatic rings. The maximum atomic E-state index is 13.2. The van der Waals surface area contributed by atoms with Crippen LogP contribution in [0, 0.1) is 6.92 Å². The highest BCUT2D eigenvalue weighted by Crippen LogP contribution is 2.31. The van der Waals surface area contributed by atoms with E-state index in [2.05, 4.69) is 67.8 Å². The summed E-state index contributed by atoms with van der Waals surface area (Å²) in [7, 11) is 0. The maximum absolute atomic E-state index is 13.2. The summed E-state index contributed by atoms with van der Waals surface area (Å²) in [4.78, 5) is 24.7. The van der Waals surface area contributed by atoms with Crippen molar-refractivity contribution in [3.8, 4) is 57.1 Å². The summed E-state index contributed by atoms with van der Waals surface area (Å²) in [5, 5.41) is 0. The van der Waals surface area contributed by atoms with Gasteiger partial charge in [-0.15, -0.1) is 0 Å². The van der Waals surface area contributed by atoms with Gasteiger partial charge < -0.3 is 18.9 Å². The molecule has 0 spiro atoms. The molecule has 0 atom stereocenters. The Labute approximate surface area is 367 Å². The van der Waals surface area contributed by atoms with Gasteiger partial charge in [-0.05, 0) is 158 Å². The van der Waals surface area contributed by atoms with E-state index in [0.717, 1.165) is 22.6 Å². The highest BCUT2D eigenvalue weighted by atomic mass is 127. The van der Waals surface area contributed by atoms with Gasteiger partial charge in [-0.1, -0.05) is 110 Å². The van der Waals surface area contributed by atoms with Gasteiger partial charge in [0, 0.05) is 16.7 Å². The van der Waals surface area contributed by atoms with Crippen LogP contribution in [0.1, 0.15) is 38.8 Å². The fraction of sp³-hybridized carbons (Fsp3) is 0.0638. The van der Waals surface area contributed by atoms with Crippen LogP contribution in [0.4, 0.5) is 0 Å². The molecule has 0 saturated heterocycles. The van der Waals surface area contributed by atoms with Gasteiger partial charge in [-0.3, -0.25) is 9.59 Å². The Morgan fingerprint density at radius 2 is 0.589 bits per heavy atom. The van der Waals surface area contributed by atoms with Gasteiger partial charge in [0.25, 0.3) is 0 Å². The molecular weight excluding hydrogens is 1040 g/mol. The Kier molecular flexibility index (Phi) is 14.6. The fourth-order valence-corrected chi connectivity index (χ4v) is 5.43. The number of aryl methyl sites for hydroxylation is 1. The molecule has 6 nitrogen and oxygen atoms in total. The van der Waals surface area contributed by atoms with Gasteiger partial charge in [-0.25, -0.2) is 0 Å². The highest BCUT2D eigenvalue weighted by Gasteiger charge is 2.11. The Balaban J connectivity index is 0.00000127. The van der Waals surface area contributed by atoms with Crippen molar-refractivity contribution in [2.45, 2.75) is 13.8 Å². The van der Waals surface area contributed by atoms with Crippen LogP contribution < -0.4 is 18.9 Å². The summed E-state index contributed by atoms with van der Waals surface area (Å²) >= 11 is 6.95. The van der Waals surface area contributed by atoms with Crippen molar-refractivity contribution in [1.29, 1.82) is 0 Å². The van der Waals surface area contributed by atoms with Crippen molar-refractivity contribution in [2.24, 2.45) is 0 Å². The van der Waals surface area contributed by atoms with Gasteiger partial charge >= 0.3 is 0 Å². The Bertz CT molecular complexity index is 2340. The zero-order chi connectivity index (χ0) is 39.4. The molecule has 56 heavy (non-hydrogen) atoms. The number of ether oxygens (including phenoxy) is 4. The molecule has 0 unspecified atom stereocenters. The normalized spacial score (nSPS) is 10.5. The second kappa shape index (κ2) is 19.9. The Morgan fingerprint density at radius 3 is 0.857 bits per heavy atom. The molecule has 0 bridgehead atoms. The molecule has 7 aromatic carbocycles. The lowest BCUT2D eigenvalue weighted by Crippen LogP contribution is -2.01. The zero-order valence-electron chi connectivity index (χ0n) is 30.3. The first kappa shape index (κ1) is 40.9. The van der Waals surface area contributed by atoms with Gasteiger partial charge in [0.1, 0.15) is 45.9 Å². The highest BCUT2D eigenvalue weighted by molar-refractivity contribution is 14.3. The summed E-state index contributed by atoms with van der Waals surface area (Å²) in [6.45, 7) is 3.58. The molecule has 0 heterocycles. The van der Waals surface area contributed by atoms with Crippen LogP contribution in [0.5, 0.6) is 46.0 Å². The van der Waals surface area contributed by atoms with Crippen LogP contribution in [-0.4, -0.2) is 11.5 Å². The lowest BCUT2D eigenvalue weighted by atomic mass is 10.0. The van der Waals surface area contributed by atoms with Crippen molar-refractivity contribution in [3.05, 3.63) is 192 Å². The predicted molar refractivity (Wildman–Crippen MR) is 248 cm³/mol. The lowest BCUT2D eigenvalue weighted by Gasteiger charge is -2.10. The minimum absolute atomic E-state index is 0.00792. The van der Waals surface area contributed by atoms with E-state index in [9.17, 15) is 9.59 Å². The number of benzene rings is 7. The number of hydrogen-bond donors (Lipinski definition) is 0. The summed E-state index contributed by atoms with van der Waals surface area (Å²) < 4.78 is 24.6. The minimum Gasteiger partial charge on any atom is -0.457 e. The molecule has 0 aliphatic heterocycles. The van der Waals surface area contributed by atoms with E-state index in [4.69, 9.17) is 18.9 Å². The maximum Gasteiger partial charge on any atom is 0.193 e. The standard InChI is InChI=1S/C46H34O6.CHI3/c1-31-3-15-38(16-4-31)49-40-19-7-34(8-20-40)35-9-21-41(22-10-35)50-42-23-11-36(12-24-42)46(48)37-13-25-43(26-14-37)52-45-29-27-44(28-30-45)51-39-17-5-33(6-18-39)32(2)47;2-1(3)4/h3-30H,1-2H3;1H. The minimum atomic E-state index is -0.101. The second-order valence-electron chi connectivity index (χ2n) is 12.4. The fourth-order valence-electron chi connectivity index (χ4n) is 5.43. The number of carbonyl (C=O) groups is 2. The molecule has 9 heteroatoms. The molecule has 0 amide bonds. The van der Waals surface area contributed by atoms with E-state index in [1.165, 1.54) is 12.5 Å². The van der Waals surface area contributed by atoms with Crippen LogP contribution in [0.25, 0.3) is 11.1 Å². The SMILES string of the molecule is CC(=O)c1ccc(Oc2ccc(Oc3ccc(C(=O)c4ccc(Oc5ccc(-c6ccc(Oc7ccc(C)cc7)cc6)cc5)cc4)cc3)cc2)cc1.IC(I)I. The quantitative estimate of drug-likeness (QED) is 0.0690. The summed E-state index contributed by atoms with van der Waals surface area (Å²) in [6, 6.07) is 52.2. The van der Waals surface area contributed by atoms with E-state index in [0.29, 0.717) is 51.2 Å². The lowest BCUT2D eigenvalue weighted by molar-refractivity contribution is 0.101. The van der Waals surface area contributed by atoms with E-state index in [1.807, 2.05) is 79.7 Å². The first-order valence-corrected chi connectivity index (χ1v) is 21.2. The van der Waals surface area contributed by atoms with E-state index < -0.39 is 0 Å². The van der Waals surface area contributed by atoms with Crippen LogP contribution >= 0.6 is 67.8 Å². The third-order valence-corrected chi connectivity index (χ3v) is 8.32. The molecule has 7 rings (SSSR count). The monoisotopic (exact) mass is 1080 g/mol. The topological polar surface area (TPSA) is 71.1 Å². The van der Waals surface area contributed by atoms with Gasteiger partial charge in [0.2, 0.25) is 0 Å². The summed E-state index contributed by atoms with van der Waals surface area (Å²) in [5.74, 6) is 5.32. The van der Waals surface area contributed by atoms with Crippen LogP contribution in [0.15, 0.2) is 170 Å². The average Bonchev–Trinajstić information content (AvgIpc) is 3.20. The first-order chi connectivity index (χ1) is 27.1. The molecule has 0 N–H and O–H groups in total. The number of halogens is 3. The van der Waals surface area contributed by atoms with Crippen molar-refractivity contribution in [2.75, 3.05) is 0 Å². The van der Waals surface area contributed by atoms with Gasteiger partial charge in [0.05, 0.1) is 0 Å². The number of Topliss-reactive ketones (excluding diaryl/α,β-unsaturated/α-hetero) is 1. The molecule has 0 saturated carbocycles. The third kappa shape index (κ3) is 12.1. The first-order valence-electron chi connectivity index (χ1n) is 17.4. The van der Waals surface area contributed by atoms with Gasteiger partial charge in [-0.2, -0.15) is 0 Å². The smallest absolute Gasteiger partial charge is 0.193 e. The van der Waals surface area contributed by atoms with Crippen molar-refractivity contribution < 1.29 is 28.5 Å². The molecular formula is C47H35I3O6. The van der Waals surface area contributed by atoms with Crippen molar-refractivity contribution in [3.63, 3.8) is 0 Å². The molecule has 0 fully saturated rings. The number of hydrogen-bond acceptors (Lipinski definition) is 6. The zero-order valence-corrected chi connectivity index (χ0v) is 36.8. The summed E-state index contributed by atoms with van der Waals surface area (Å²) in [5.41, 5.74) is 5.06. The predicted octanol–water partition coefficient (Wildman–Crippen LogP) is 14.8. The van der Waals surface area contributed by atoms with E-state index >= 15 is 0 Å². The van der Waals surface area contributed by atoms with Crippen molar-refractivity contribution >= 4 is 79.3 Å². The van der Waals surface area contributed by atoms with Crippen LogP contribution in [-0.2, 0) is 0 Å². The second-order valence-corrected chi connectivity index (χ2v) is 23.3. The number of alkyl halides is 3. The third-order valence-electron chi connectivity index (χ3n) is 8.32. The number of ketones is 2. The van der Waals surface area contributed by atoms with Crippen LogP contribution in [0.3, 0.4) is 0 Å². The Morgan fingerprint density at radius 1 is 0.375 bits per heavy atom. The summed E-state index contributed by atoms with van der Waals surface area (Å²) in [6.07, 6.45) is 0. The van der Waals surface area contributed by atoms with Crippen molar-refractivity contribution in [1.82, 2.24) is 0 Å². The number of rotatable bonds is 12. The van der Waals surface area contributed by atoms with Crippen LogP contribution in [0.2, 0.25) is 0 Å². The molecule has 0 aliphatic rings. The molecule has 0 aromatic heterocycles. The number of carbonyl (C=O) groups excluding carboxylic acids is 2. The molecule has 0 aliphatic carbocycles. The van der Waals surface area contributed by atoms with Gasteiger partial charge in [0.15, 0.2) is 11.6 Å². The largest absolute Gasteiger partial charge is 0.457 e. The molecule has 280 valence electrons.